The van der Waals surface area contributed by atoms with E-state index in [1.54, 1.807) is 17.0 Å². The number of carbonyl (C=O) groups excluding carboxylic acids is 1. The van der Waals surface area contributed by atoms with E-state index in [1.807, 2.05) is 51.1 Å². The first-order valence-electron chi connectivity index (χ1n) is 8.89. The Morgan fingerprint density at radius 3 is 2.26 bits per heavy atom. The number of sulfonamides is 1. The van der Waals surface area contributed by atoms with Crippen LogP contribution in [-0.2, 0) is 21.4 Å². The molecule has 27 heavy (non-hydrogen) atoms. The lowest BCUT2D eigenvalue weighted by Crippen LogP contribution is -2.43. The monoisotopic (exact) mass is 390 g/mol. The predicted molar refractivity (Wildman–Crippen MR) is 105 cm³/mol. The van der Waals surface area contributed by atoms with Crippen LogP contribution in [0.4, 0.5) is 0 Å². The van der Waals surface area contributed by atoms with E-state index in [1.165, 1.54) is 12.1 Å². The molecule has 146 valence electrons. The van der Waals surface area contributed by atoms with Crippen molar-refractivity contribution in [2.75, 3.05) is 13.2 Å². The molecule has 0 fully saturated rings. The molecule has 0 aliphatic carbocycles. The molecule has 0 aliphatic rings. The number of ether oxygens (including phenoxy) is 1. The molecule has 2 aromatic rings. The Hall–Kier alpha value is -2.38. The lowest BCUT2D eigenvalue weighted by Gasteiger charge is -2.27. The summed E-state index contributed by atoms with van der Waals surface area (Å²) < 4.78 is 32.6. The Bertz CT molecular complexity index is 834. The van der Waals surface area contributed by atoms with E-state index < -0.39 is 10.0 Å². The summed E-state index contributed by atoms with van der Waals surface area (Å²) in [5, 5.41) is 0. The van der Waals surface area contributed by atoms with Crippen LogP contribution in [0, 0.1) is 0 Å². The van der Waals surface area contributed by atoms with Gasteiger partial charge in [0.15, 0.2) is 0 Å². The van der Waals surface area contributed by atoms with Crippen molar-refractivity contribution in [2.24, 2.45) is 0 Å². The lowest BCUT2D eigenvalue weighted by molar-refractivity contribution is -0.132. The number of carbonyl (C=O) groups is 1. The zero-order chi connectivity index (χ0) is 19.9. The lowest BCUT2D eigenvalue weighted by atomic mass is 10.2. The zero-order valence-corrected chi connectivity index (χ0v) is 16.7. The van der Waals surface area contributed by atoms with Crippen LogP contribution in [0.3, 0.4) is 0 Å². The van der Waals surface area contributed by atoms with Crippen LogP contribution in [0.5, 0.6) is 5.75 Å². The van der Waals surface area contributed by atoms with Crippen LogP contribution < -0.4 is 9.46 Å². The van der Waals surface area contributed by atoms with Gasteiger partial charge in [-0.3, -0.25) is 4.79 Å². The van der Waals surface area contributed by atoms with Gasteiger partial charge < -0.3 is 9.64 Å². The van der Waals surface area contributed by atoms with Crippen LogP contribution >= 0.6 is 0 Å². The summed E-state index contributed by atoms with van der Waals surface area (Å²) in [5.74, 6) is 0.324. The van der Waals surface area contributed by atoms with Gasteiger partial charge >= 0.3 is 0 Å². The fourth-order valence-electron chi connectivity index (χ4n) is 2.56. The second-order valence-electron chi connectivity index (χ2n) is 6.33. The first-order valence-corrected chi connectivity index (χ1v) is 10.4. The topological polar surface area (TPSA) is 75.7 Å². The predicted octanol–water partition coefficient (Wildman–Crippen LogP) is 2.80. The van der Waals surface area contributed by atoms with Gasteiger partial charge in [-0.15, -0.1) is 0 Å². The average Bonchev–Trinajstić information content (AvgIpc) is 2.65. The van der Waals surface area contributed by atoms with E-state index in [0.29, 0.717) is 18.9 Å². The highest BCUT2D eigenvalue weighted by Crippen LogP contribution is 2.16. The van der Waals surface area contributed by atoms with Crippen molar-refractivity contribution in [1.82, 2.24) is 9.62 Å². The molecule has 2 aromatic carbocycles. The van der Waals surface area contributed by atoms with E-state index >= 15 is 0 Å². The van der Waals surface area contributed by atoms with Gasteiger partial charge in [0, 0.05) is 12.6 Å². The molecule has 0 heterocycles. The molecule has 0 atom stereocenters. The number of benzene rings is 2. The number of rotatable bonds is 9. The first kappa shape index (κ1) is 20.9. The number of nitrogens with zero attached hydrogens (tertiary/aromatic N) is 1. The van der Waals surface area contributed by atoms with E-state index in [0.717, 1.165) is 5.56 Å². The van der Waals surface area contributed by atoms with Crippen molar-refractivity contribution in [3.63, 3.8) is 0 Å². The highest BCUT2D eigenvalue weighted by molar-refractivity contribution is 7.89. The number of amides is 1. The Balaban J connectivity index is 2.02. The minimum absolute atomic E-state index is 0.0484. The molecule has 6 nitrogen and oxygen atoms in total. The smallest absolute Gasteiger partial charge is 0.241 e. The molecule has 7 heteroatoms. The average molecular weight is 391 g/mol. The maximum atomic E-state index is 12.6. The molecule has 0 bridgehead atoms. The van der Waals surface area contributed by atoms with Crippen molar-refractivity contribution in [3.05, 3.63) is 60.2 Å². The van der Waals surface area contributed by atoms with E-state index in [9.17, 15) is 13.2 Å². The summed E-state index contributed by atoms with van der Waals surface area (Å²) in [6.07, 6.45) is 0. The van der Waals surface area contributed by atoms with Crippen LogP contribution in [0.25, 0.3) is 0 Å². The maximum Gasteiger partial charge on any atom is 0.241 e. The molecular weight excluding hydrogens is 364 g/mol. The van der Waals surface area contributed by atoms with Crippen LogP contribution in [0.15, 0.2) is 59.5 Å². The van der Waals surface area contributed by atoms with Gasteiger partial charge in [0.2, 0.25) is 15.9 Å². The molecule has 0 aliphatic heterocycles. The molecule has 0 aromatic heterocycles. The van der Waals surface area contributed by atoms with Crippen LogP contribution in [0.2, 0.25) is 0 Å². The Morgan fingerprint density at radius 2 is 1.70 bits per heavy atom. The van der Waals surface area contributed by atoms with Gasteiger partial charge in [-0.1, -0.05) is 30.3 Å². The molecular formula is C20H26N2O4S. The first-order chi connectivity index (χ1) is 12.8. The van der Waals surface area contributed by atoms with Crippen LogP contribution in [-0.4, -0.2) is 38.4 Å². The van der Waals surface area contributed by atoms with Crippen molar-refractivity contribution in [3.8, 4) is 5.75 Å². The summed E-state index contributed by atoms with van der Waals surface area (Å²) in [6, 6.07) is 15.7. The Kier molecular flexibility index (Phi) is 7.38. The molecule has 0 saturated carbocycles. The summed E-state index contributed by atoms with van der Waals surface area (Å²) in [4.78, 5) is 14.3. The van der Waals surface area contributed by atoms with Crippen molar-refractivity contribution >= 4 is 15.9 Å². The fraction of sp³-hybridized carbons (Fsp3) is 0.350. The molecule has 0 saturated heterocycles. The molecule has 2 rings (SSSR count). The molecule has 0 unspecified atom stereocenters. The minimum atomic E-state index is -3.77. The van der Waals surface area contributed by atoms with Crippen molar-refractivity contribution in [1.29, 1.82) is 0 Å². The highest BCUT2D eigenvalue weighted by Gasteiger charge is 2.21. The minimum Gasteiger partial charge on any atom is -0.494 e. The van der Waals surface area contributed by atoms with Gasteiger partial charge in [0.25, 0.3) is 0 Å². The molecule has 0 radical (unpaired) electrons. The van der Waals surface area contributed by atoms with Crippen molar-refractivity contribution < 1.29 is 17.9 Å². The van der Waals surface area contributed by atoms with Crippen LogP contribution in [0.1, 0.15) is 26.3 Å². The zero-order valence-electron chi connectivity index (χ0n) is 15.9. The van der Waals surface area contributed by atoms with E-state index in [4.69, 9.17) is 4.74 Å². The van der Waals surface area contributed by atoms with Gasteiger partial charge in [-0.25, -0.2) is 13.1 Å². The van der Waals surface area contributed by atoms with Gasteiger partial charge in [-0.2, -0.15) is 0 Å². The SMILES string of the molecule is CCOc1ccc(S(=O)(=O)NCC(=O)N(Cc2ccccc2)C(C)C)cc1. The van der Waals surface area contributed by atoms with Gasteiger partial charge in [0.05, 0.1) is 18.0 Å². The molecule has 0 spiro atoms. The summed E-state index contributed by atoms with van der Waals surface area (Å²) >= 11 is 0. The third-order valence-corrected chi connectivity index (χ3v) is 5.42. The normalized spacial score (nSPS) is 11.4. The largest absolute Gasteiger partial charge is 0.494 e. The second kappa shape index (κ2) is 9.53. The third kappa shape index (κ3) is 6.08. The highest BCUT2D eigenvalue weighted by atomic mass is 32.2. The number of hydrogen-bond acceptors (Lipinski definition) is 4. The molecule has 1 N–H and O–H groups in total. The summed E-state index contributed by atoms with van der Waals surface area (Å²) in [6.45, 7) is 6.31. The Labute approximate surface area is 161 Å². The quantitative estimate of drug-likeness (QED) is 0.714. The third-order valence-electron chi connectivity index (χ3n) is 4.00. The summed E-state index contributed by atoms with van der Waals surface area (Å²) in [5.41, 5.74) is 0.994. The number of hydrogen-bond donors (Lipinski definition) is 1. The van der Waals surface area contributed by atoms with Gasteiger partial charge in [-0.05, 0) is 50.6 Å². The standard InChI is InChI=1S/C20H26N2O4S/c1-4-26-18-10-12-19(13-11-18)27(24,25)21-14-20(23)22(16(2)3)15-17-8-6-5-7-9-17/h5-13,16,21H,4,14-15H2,1-3H3. The van der Waals surface area contributed by atoms with Crippen molar-refractivity contribution in [2.45, 2.75) is 38.3 Å². The Morgan fingerprint density at radius 1 is 1.07 bits per heavy atom. The molecule has 1 amide bonds. The summed E-state index contributed by atoms with van der Waals surface area (Å²) in [7, 11) is -3.77. The van der Waals surface area contributed by atoms with E-state index in [2.05, 4.69) is 4.72 Å². The maximum absolute atomic E-state index is 12.6. The van der Waals surface area contributed by atoms with E-state index in [-0.39, 0.29) is 23.4 Å². The fourth-order valence-corrected chi connectivity index (χ4v) is 3.54. The van der Waals surface area contributed by atoms with Gasteiger partial charge in [0.1, 0.15) is 5.75 Å². The second-order valence-corrected chi connectivity index (χ2v) is 8.10. The number of nitrogens with one attached hydrogen (secondary N) is 1.